The topological polar surface area (TPSA) is 49.4 Å². The fourth-order valence-corrected chi connectivity index (χ4v) is 2.27. The molecule has 0 atom stereocenters. The lowest BCUT2D eigenvalue weighted by molar-refractivity contribution is -0.121. The minimum absolute atomic E-state index is 0.245. The van der Waals surface area contributed by atoms with Crippen LogP contribution in [0.4, 0.5) is 0 Å². The molecule has 1 N–H and O–H groups in total. The van der Waals surface area contributed by atoms with Crippen molar-refractivity contribution < 1.29 is 9.59 Å². The summed E-state index contributed by atoms with van der Waals surface area (Å²) in [4.78, 5) is 26.1. The predicted molar refractivity (Wildman–Crippen MR) is 85.0 cm³/mol. The molecule has 0 aliphatic rings. The predicted octanol–water partition coefficient (Wildman–Crippen LogP) is 2.56. The van der Waals surface area contributed by atoms with Gasteiger partial charge in [-0.05, 0) is 24.0 Å². The summed E-state index contributed by atoms with van der Waals surface area (Å²) in [5.74, 6) is 0.391. The fourth-order valence-electron chi connectivity index (χ4n) is 2.27. The maximum absolute atomic E-state index is 12.0. The van der Waals surface area contributed by atoms with E-state index in [0.29, 0.717) is 17.4 Å². The van der Waals surface area contributed by atoms with E-state index in [-0.39, 0.29) is 18.4 Å². The van der Waals surface area contributed by atoms with Gasteiger partial charge in [0.2, 0.25) is 5.91 Å². The lowest BCUT2D eigenvalue weighted by Crippen LogP contribution is -2.42. The first-order valence-electron chi connectivity index (χ1n) is 7.50. The Morgan fingerprint density at radius 2 is 1.52 bits per heavy atom. The quantitative estimate of drug-likeness (QED) is 0.839. The molecular formula is C17H26N2O2. The Bertz CT molecular complexity index is 445. The summed E-state index contributed by atoms with van der Waals surface area (Å²) < 4.78 is 0. The molecule has 0 heterocycles. The van der Waals surface area contributed by atoms with E-state index in [1.165, 1.54) is 0 Å². The van der Waals surface area contributed by atoms with E-state index in [2.05, 4.69) is 37.9 Å². The first kappa shape index (κ1) is 17.4. The first-order valence-corrected chi connectivity index (χ1v) is 7.50. The minimum atomic E-state index is -0.338. The lowest BCUT2D eigenvalue weighted by atomic mass is 10.1. The van der Waals surface area contributed by atoms with E-state index < -0.39 is 0 Å². The average molecular weight is 290 g/mol. The summed E-state index contributed by atoms with van der Waals surface area (Å²) in [6.45, 7) is 10.5. The van der Waals surface area contributed by atoms with Gasteiger partial charge >= 0.3 is 0 Å². The van der Waals surface area contributed by atoms with Gasteiger partial charge < -0.3 is 0 Å². The molecule has 4 nitrogen and oxygen atoms in total. The zero-order valence-electron chi connectivity index (χ0n) is 13.4. The highest BCUT2D eigenvalue weighted by Crippen LogP contribution is 2.04. The molecule has 2 amide bonds. The van der Waals surface area contributed by atoms with Gasteiger partial charge in [0.05, 0.1) is 6.54 Å². The van der Waals surface area contributed by atoms with Crippen LogP contribution in [0.25, 0.3) is 0 Å². The monoisotopic (exact) mass is 290 g/mol. The van der Waals surface area contributed by atoms with Gasteiger partial charge in [-0.3, -0.25) is 19.8 Å². The third-order valence-electron chi connectivity index (χ3n) is 2.90. The molecule has 0 aromatic heterocycles. The molecule has 0 bridgehead atoms. The fraction of sp³-hybridized carbons (Fsp3) is 0.529. The molecule has 0 aliphatic carbocycles. The summed E-state index contributed by atoms with van der Waals surface area (Å²) in [7, 11) is 0. The van der Waals surface area contributed by atoms with Crippen LogP contribution in [-0.2, 0) is 4.79 Å². The number of hydrogen-bond acceptors (Lipinski definition) is 3. The molecule has 0 saturated carbocycles. The number of benzene rings is 1. The Morgan fingerprint density at radius 3 is 2.00 bits per heavy atom. The summed E-state index contributed by atoms with van der Waals surface area (Å²) >= 11 is 0. The van der Waals surface area contributed by atoms with Crippen molar-refractivity contribution in [1.29, 1.82) is 0 Å². The van der Waals surface area contributed by atoms with Gasteiger partial charge in [-0.2, -0.15) is 0 Å². The zero-order valence-corrected chi connectivity index (χ0v) is 13.4. The molecule has 116 valence electrons. The maximum Gasteiger partial charge on any atom is 0.257 e. The van der Waals surface area contributed by atoms with E-state index in [4.69, 9.17) is 0 Å². The Hall–Kier alpha value is -1.68. The summed E-state index contributed by atoms with van der Waals surface area (Å²) in [6, 6.07) is 8.79. The molecule has 1 aromatic rings. The Morgan fingerprint density at radius 1 is 1.00 bits per heavy atom. The van der Waals surface area contributed by atoms with Gasteiger partial charge in [0, 0.05) is 18.7 Å². The normalized spacial score (nSPS) is 11.2. The molecule has 0 radical (unpaired) electrons. The van der Waals surface area contributed by atoms with Crippen LogP contribution >= 0.6 is 0 Å². The molecule has 0 unspecified atom stereocenters. The highest BCUT2D eigenvalue weighted by Gasteiger charge is 2.16. The van der Waals surface area contributed by atoms with E-state index >= 15 is 0 Å². The second-order valence-corrected chi connectivity index (χ2v) is 6.23. The van der Waals surface area contributed by atoms with Crippen LogP contribution in [0.5, 0.6) is 0 Å². The largest absolute Gasteiger partial charge is 0.294 e. The van der Waals surface area contributed by atoms with Crippen LogP contribution in [0.15, 0.2) is 30.3 Å². The van der Waals surface area contributed by atoms with Crippen LogP contribution in [0.1, 0.15) is 38.1 Å². The number of amides is 2. The first-order chi connectivity index (χ1) is 9.88. The van der Waals surface area contributed by atoms with Crippen LogP contribution in [-0.4, -0.2) is 36.3 Å². The van der Waals surface area contributed by atoms with Crippen LogP contribution < -0.4 is 5.32 Å². The highest BCUT2D eigenvalue weighted by atomic mass is 16.2. The van der Waals surface area contributed by atoms with Crippen molar-refractivity contribution in [2.24, 2.45) is 11.8 Å². The molecular weight excluding hydrogens is 264 g/mol. The van der Waals surface area contributed by atoms with Crippen molar-refractivity contribution in [3.8, 4) is 0 Å². The van der Waals surface area contributed by atoms with Crippen molar-refractivity contribution in [1.82, 2.24) is 10.2 Å². The average Bonchev–Trinajstić information content (AvgIpc) is 2.37. The second-order valence-electron chi connectivity index (χ2n) is 6.23. The summed E-state index contributed by atoms with van der Waals surface area (Å²) in [6.07, 6.45) is 0. The smallest absolute Gasteiger partial charge is 0.257 e. The van der Waals surface area contributed by atoms with Gasteiger partial charge in [-0.15, -0.1) is 0 Å². The number of carbonyl (C=O) groups excluding carboxylic acids is 2. The van der Waals surface area contributed by atoms with Gasteiger partial charge in [-0.1, -0.05) is 45.9 Å². The lowest BCUT2D eigenvalue weighted by Gasteiger charge is -2.25. The maximum atomic E-state index is 12.0. The van der Waals surface area contributed by atoms with Gasteiger partial charge in [-0.25, -0.2) is 0 Å². The van der Waals surface area contributed by atoms with Gasteiger partial charge in [0.15, 0.2) is 0 Å². The molecule has 21 heavy (non-hydrogen) atoms. The highest BCUT2D eigenvalue weighted by molar-refractivity contribution is 6.05. The summed E-state index contributed by atoms with van der Waals surface area (Å²) in [5.41, 5.74) is 0.505. The van der Waals surface area contributed by atoms with E-state index in [1.54, 1.807) is 24.3 Å². The van der Waals surface area contributed by atoms with Crippen LogP contribution in [0.2, 0.25) is 0 Å². The molecule has 0 spiro atoms. The zero-order chi connectivity index (χ0) is 15.8. The van der Waals surface area contributed by atoms with E-state index in [0.717, 1.165) is 13.1 Å². The van der Waals surface area contributed by atoms with Gasteiger partial charge in [0.1, 0.15) is 0 Å². The van der Waals surface area contributed by atoms with Crippen molar-refractivity contribution in [3.63, 3.8) is 0 Å². The Balaban J connectivity index is 2.55. The number of nitrogens with one attached hydrogen (secondary N) is 1. The minimum Gasteiger partial charge on any atom is -0.294 e. The number of hydrogen-bond donors (Lipinski definition) is 1. The van der Waals surface area contributed by atoms with Gasteiger partial charge in [0.25, 0.3) is 5.91 Å². The summed E-state index contributed by atoms with van der Waals surface area (Å²) in [5, 5.41) is 2.45. The van der Waals surface area contributed by atoms with Crippen molar-refractivity contribution in [2.45, 2.75) is 27.7 Å². The molecule has 0 aliphatic heterocycles. The third kappa shape index (κ3) is 7.04. The standard InChI is InChI=1S/C17H26N2O2/c1-13(2)10-19(11-14(3)4)12-16(20)18-17(21)15-8-6-5-7-9-15/h5-9,13-14H,10-12H2,1-4H3,(H,18,20,21). The van der Waals surface area contributed by atoms with E-state index in [1.807, 2.05) is 6.07 Å². The van der Waals surface area contributed by atoms with Crippen molar-refractivity contribution >= 4 is 11.8 Å². The molecule has 4 heteroatoms. The number of imide groups is 1. The second kappa shape index (κ2) is 8.57. The molecule has 0 saturated heterocycles. The Labute approximate surface area is 127 Å². The Kier molecular flexibility index (Phi) is 7.09. The van der Waals surface area contributed by atoms with E-state index in [9.17, 15) is 9.59 Å². The SMILES string of the molecule is CC(C)CN(CC(=O)NC(=O)c1ccccc1)CC(C)C. The number of carbonyl (C=O) groups is 2. The van der Waals surface area contributed by atoms with Crippen LogP contribution in [0.3, 0.4) is 0 Å². The molecule has 1 rings (SSSR count). The number of rotatable bonds is 7. The van der Waals surface area contributed by atoms with Crippen molar-refractivity contribution in [2.75, 3.05) is 19.6 Å². The van der Waals surface area contributed by atoms with Crippen LogP contribution in [0, 0.1) is 11.8 Å². The molecule has 1 aromatic carbocycles. The van der Waals surface area contributed by atoms with Crippen molar-refractivity contribution in [3.05, 3.63) is 35.9 Å². The number of nitrogens with zero attached hydrogens (tertiary/aromatic N) is 1. The third-order valence-corrected chi connectivity index (χ3v) is 2.90. The molecule has 0 fully saturated rings.